The molecule has 186 valence electrons. The normalized spacial score (nSPS) is 21.7. The van der Waals surface area contributed by atoms with Gasteiger partial charge in [-0.05, 0) is 44.7 Å². The Hall–Kier alpha value is -4.12. The van der Waals surface area contributed by atoms with Crippen LogP contribution < -0.4 is 11.5 Å². The van der Waals surface area contributed by atoms with E-state index in [1.54, 1.807) is 18.5 Å². The van der Waals surface area contributed by atoms with E-state index in [-0.39, 0.29) is 35.5 Å². The van der Waals surface area contributed by atoms with Crippen molar-refractivity contribution in [2.75, 3.05) is 12.3 Å². The van der Waals surface area contributed by atoms with Crippen LogP contribution in [0.15, 0.2) is 30.6 Å². The first-order valence-corrected chi connectivity index (χ1v) is 11.9. The number of piperidine rings is 1. The van der Waals surface area contributed by atoms with Gasteiger partial charge in [-0.15, -0.1) is 0 Å². The maximum Gasteiger partial charge on any atom is 0.248 e. The lowest BCUT2D eigenvalue weighted by molar-refractivity contribution is -0.138. The lowest BCUT2D eigenvalue weighted by atomic mass is 9.85. The highest BCUT2D eigenvalue weighted by Gasteiger charge is 2.44. The van der Waals surface area contributed by atoms with Crippen molar-refractivity contribution >= 4 is 35.1 Å². The van der Waals surface area contributed by atoms with E-state index in [0.717, 1.165) is 24.6 Å². The van der Waals surface area contributed by atoms with Crippen LogP contribution in [0.5, 0.6) is 0 Å². The summed E-state index contributed by atoms with van der Waals surface area (Å²) >= 11 is 0. The largest absolute Gasteiger partial charge is 0.397 e. The van der Waals surface area contributed by atoms with Gasteiger partial charge in [0.25, 0.3) is 0 Å². The number of carbonyl (C=O) groups excluding carboxylic acids is 2. The highest BCUT2D eigenvalue weighted by molar-refractivity contribution is 6.00. The SMILES string of the molecule is CC(=O)c1c(C2C[C@H]3CC[C@@H](C2)N3C(=O)CO)nc2c(-c3ccc(C(N)=CC=N)nc3)cnn2c1N. The number of nitrogen functional groups attached to an aromatic ring is 1. The molecule has 2 fully saturated rings. The molecule has 5 rings (SSSR count). The van der Waals surface area contributed by atoms with Crippen LogP contribution in [0.2, 0.25) is 0 Å². The van der Waals surface area contributed by atoms with E-state index in [0.29, 0.717) is 46.7 Å². The molecule has 1 amide bonds. The predicted octanol–water partition coefficient (Wildman–Crippen LogP) is 1.75. The van der Waals surface area contributed by atoms with E-state index < -0.39 is 6.61 Å². The Kier molecular flexibility index (Phi) is 6.00. The molecule has 0 radical (unpaired) electrons. The fourth-order valence-corrected chi connectivity index (χ4v) is 5.68. The fourth-order valence-electron chi connectivity index (χ4n) is 5.68. The highest BCUT2D eigenvalue weighted by Crippen LogP contribution is 2.44. The number of ketones is 1. The summed E-state index contributed by atoms with van der Waals surface area (Å²) < 4.78 is 1.48. The number of allylic oxidation sites excluding steroid dienone is 1. The monoisotopic (exact) mass is 488 g/mol. The fraction of sp³-hybridized carbons (Fsp3) is 0.360. The van der Waals surface area contributed by atoms with Gasteiger partial charge in [0.2, 0.25) is 5.91 Å². The number of carbonyl (C=O) groups is 2. The minimum atomic E-state index is -0.498. The number of hydrogen-bond acceptors (Lipinski definition) is 9. The smallest absolute Gasteiger partial charge is 0.248 e. The van der Waals surface area contributed by atoms with Crippen LogP contribution in [-0.2, 0) is 4.79 Å². The number of nitrogens with zero attached hydrogens (tertiary/aromatic N) is 5. The van der Waals surface area contributed by atoms with Gasteiger partial charge in [0.15, 0.2) is 11.4 Å². The number of rotatable bonds is 6. The number of Topliss-reactive ketones (excluding diaryl/α,β-unsaturated/α-hetero) is 1. The van der Waals surface area contributed by atoms with Crippen molar-refractivity contribution in [1.29, 1.82) is 5.41 Å². The highest BCUT2D eigenvalue weighted by atomic mass is 16.3. The number of aliphatic hydroxyl groups is 1. The molecule has 1 unspecified atom stereocenters. The summed E-state index contributed by atoms with van der Waals surface area (Å²) in [5.74, 6) is -0.251. The summed E-state index contributed by atoms with van der Waals surface area (Å²) in [6, 6.07) is 3.62. The molecule has 36 heavy (non-hydrogen) atoms. The third-order valence-electron chi connectivity index (χ3n) is 7.24. The average molecular weight is 489 g/mol. The third-order valence-corrected chi connectivity index (χ3v) is 7.24. The third kappa shape index (κ3) is 3.81. The number of aromatic nitrogens is 4. The molecule has 0 aromatic carbocycles. The second-order valence-corrected chi connectivity index (χ2v) is 9.34. The Balaban J connectivity index is 1.58. The van der Waals surface area contributed by atoms with Gasteiger partial charge in [-0.25, -0.2) is 4.98 Å². The summed E-state index contributed by atoms with van der Waals surface area (Å²) in [5.41, 5.74) is 16.3. The Morgan fingerprint density at radius 3 is 2.53 bits per heavy atom. The first-order chi connectivity index (χ1) is 17.3. The molecule has 2 saturated heterocycles. The van der Waals surface area contributed by atoms with Crippen LogP contribution in [0.1, 0.15) is 60.3 Å². The summed E-state index contributed by atoms with van der Waals surface area (Å²) in [4.78, 5) is 36.1. The zero-order chi connectivity index (χ0) is 25.6. The molecule has 3 aromatic heterocycles. The molecule has 2 aliphatic heterocycles. The van der Waals surface area contributed by atoms with Crippen molar-refractivity contribution in [3.05, 3.63) is 47.6 Å². The summed E-state index contributed by atoms with van der Waals surface area (Å²) in [6.07, 6.45) is 8.91. The van der Waals surface area contributed by atoms with Crippen molar-refractivity contribution in [3.63, 3.8) is 0 Å². The Bertz CT molecular complexity index is 1380. The lowest BCUT2D eigenvalue weighted by Gasteiger charge is -2.39. The van der Waals surface area contributed by atoms with E-state index in [2.05, 4.69) is 10.1 Å². The first kappa shape index (κ1) is 23.6. The van der Waals surface area contributed by atoms with E-state index in [1.165, 1.54) is 17.5 Å². The van der Waals surface area contributed by atoms with Crippen molar-refractivity contribution < 1.29 is 14.7 Å². The van der Waals surface area contributed by atoms with Crippen molar-refractivity contribution in [3.8, 4) is 11.1 Å². The van der Waals surface area contributed by atoms with Gasteiger partial charge in [0.1, 0.15) is 12.4 Å². The van der Waals surface area contributed by atoms with Crippen LogP contribution in [0, 0.1) is 5.41 Å². The van der Waals surface area contributed by atoms with Crippen LogP contribution in [0.3, 0.4) is 0 Å². The second-order valence-electron chi connectivity index (χ2n) is 9.34. The quantitative estimate of drug-likeness (QED) is 0.299. The number of amides is 1. The zero-order valence-corrected chi connectivity index (χ0v) is 19.9. The number of hydrogen-bond donors (Lipinski definition) is 4. The van der Waals surface area contributed by atoms with Gasteiger partial charge in [0.05, 0.1) is 28.8 Å². The Labute approximate surface area is 207 Å². The molecule has 2 aliphatic rings. The van der Waals surface area contributed by atoms with Gasteiger partial charge in [-0.2, -0.15) is 9.61 Å². The van der Waals surface area contributed by atoms with Crippen LogP contribution >= 0.6 is 0 Å². The van der Waals surface area contributed by atoms with Crippen LogP contribution in [0.25, 0.3) is 22.5 Å². The van der Waals surface area contributed by atoms with E-state index in [4.69, 9.17) is 21.9 Å². The maximum atomic E-state index is 12.7. The van der Waals surface area contributed by atoms with E-state index >= 15 is 0 Å². The van der Waals surface area contributed by atoms with Crippen LogP contribution in [0.4, 0.5) is 5.82 Å². The minimum Gasteiger partial charge on any atom is -0.397 e. The topological polar surface area (TPSA) is 177 Å². The Morgan fingerprint density at radius 2 is 1.94 bits per heavy atom. The number of fused-ring (bicyclic) bond motifs is 3. The summed E-state index contributed by atoms with van der Waals surface area (Å²) in [5, 5.41) is 21.0. The average Bonchev–Trinajstić information content (AvgIpc) is 3.41. The second kappa shape index (κ2) is 9.15. The van der Waals surface area contributed by atoms with E-state index in [9.17, 15) is 14.7 Å². The first-order valence-electron chi connectivity index (χ1n) is 11.9. The van der Waals surface area contributed by atoms with E-state index in [1.807, 2.05) is 11.0 Å². The van der Waals surface area contributed by atoms with Crippen molar-refractivity contribution in [2.24, 2.45) is 5.73 Å². The van der Waals surface area contributed by atoms with Gasteiger partial charge in [0, 0.05) is 41.5 Å². The Morgan fingerprint density at radius 1 is 1.22 bits per heavy atom. The van der Waals surface area contributed by atoms with Crippen LogP contribution in [-0.4, -0.2) is 66.2 Å². The maximum absolute atomic E-state index is 12.7. The van der Waals surface area contributed by atoms with Gasteiger partial charge in [-0.1, -0.05) is 6.07 Å². The van der Waals surface area contributed by atoms with Gasteiger partial charge >= 0.3 is 0 Å². The molecule has 11 nitrogen and oxygen atoms in total. The molecule has 0 aliphatic carbocycles. The predicted molar refractivity (Wildman–Crippen MR) is 134 cm³/mol. The molecule has 3 aromatic rings. The lowest BCUT2D eigenvalue weighted by Crippen LogP contribution is -2.47. The molecule has 11 heteroatoms. The van der Waals surface area contributed by atoms with Crippen molar-refractivity contribution in [2.45, 2.75) is 50.6 Å². The summed E-state index contributed by atoms with van der Waals surface area (Å²) in [7, 11) is 0. The number of pyridine rings is 1. The standard InChI is InChI=1S/C25H28N8O3/c1-13(35)22-23(15-8-16-3-4-17(9-15)32(16)21(36)12-34)31-25-18(11-30-33(25)24(22)28)14-2-5-20(29-10-14)19(27)6-7-26/h2,5-7,10-11,15-17,26,34H,3-4,8-9,12,27-28H2,1H3/t15?,16-,17+. The molecular formula is C25H28N8O3. The molecule has 5 heterocycles. The van der Waals surface area contributed by atoms with Gasteiger partial charge in [-0.3, -0.25) is 14.6 Å². The zero-order valence-electron chi connectivity index (χ0n) is 19.9. The number of anilines is 1. The molecule has 6 N–H and O–H groups in total. The molecule has 2 bridgehead atoms. The number of nitrogens with one attached hydrogen (secondary N) is 1. The molecule has 3 atom stereocenters. The summed E-state index contributed by atoms with van der Waals surface area (Å²) in [6.45, 7) is 0.976. The number of aliphatic hydroxyl groups excluding tert-OH is 1. The minimum absolute atomic E-state index is 0.00747. The molecular weight excluding hydrogens is 460 g/mol. The van der Waals surface area contributed by atoms with Crippen molar-refractivity contribution in [1.82, 2.24) is 24.5 Å². The van der Waals surface area contributed by atoms with Gasteiger partial charge < -0.3 is 26.9 Å². The molecule has 0 spiro atoms. The number of nitrogens with two attached hydrogens (primary N) is 2. The molecule has 0 saturated carbocycles.